The number of fused-ring (bicyclic) bond motifs is 3. The van der Waals surface area contributed by atoms with Crippen LogP contribution in [-0.2, 0) is 20.1 Å². The summed E-state index contributed by atoms with van der Waals surface area (Å²) in [5.41, 5.74) is 5.79. The van der Waals surface area contributed by atoms with E-state index in [1.54, 1.807) is 7.05 Å². The molecular weight excluding hydrogens is 414 g/mol. The fourth-order valence-electron chi connectivity index (χ4n) is 4.75. The standard InChI is InChI=1S/C26H29N5O2/c1-16-7-6-8-20(11-16)15-31-24(32)22-23(28(5)26(31)33)27-25-29(13-17(2)14-30(22)25)21-10-9-18(3)19(4)12-21/h6-12,17H,13-15H2,1-5H3/t17-/m1/s1. The third-order valence-electron chi connectivity index (χ3n) is 6.67. The minimum absolute atomic E-state index is 0.236. The zero-order valence-corrected chi connectivity index (χ0v) is 19.8. The molecular formula is C26H29N5O2. The maximum Gasteiger partial charge on any atom is 0.332 e. The molecule has 0 N–H and O–H groups in total. The summed E-state index contributed by atoms with van der Waals surface area (Å²) in [6.07, 6.45) is 0. The molecule has 0 saturated heterocycles. The Balaban J connectivity index is 1.72. The van der Waals surface area contributed by atoms with Crippen LogP contribution in [0.15, 0.2) is 52.1 Å². The quantitative estimate of drug-likeness (QED) is 0.485. The molecule has 0 unspecified atom stereocenters. The van der Waals surface area contributed by atoms with E-state index in [-0.39, 0.29) is 17.8 Å². The fourth-order valence-corrected chi connectivity index (χ4v) is 4.75. The van der Waals surface area contributed by atoms with Crippen molar-refractivity contribution in [2.24, 2.45) is 13.0 Å². The van der Waals surface area contributed by atoms with Gasteiger partial charge in [0.25, 0.3) is 5.56 Å². The summed E-state index contributed by atoms with van der Waals surface area (Å²) in [4.78, 5) is 33.8. The summed E-state index contributed by atoms with van der Waals surface area (Å²) < 4.78 is 4.82. The minimum Gasteiger partial charge on any atom is -0.312 e. The van der Waals surface area contributed by atoms with Crippen molar-refractivity contribution in [2.45, 2.75) is 40.8 Å². The fraction of sp³-hybridized carbons (Fsp3) is 0.346. The van der Waals surface area contributed by atoms with E-state index in [4.69, 9.17) is 4.98 Å². The van der Waals surface area contributed by atoms with E-state index >= 15 is 0 Å². The van der Waals surface area contributed by atoms with Gasteiger partial charge in [-0.2, -0.15) is 4.98 Å². The minimum atomic E-state index is -0.352. The average Bonchev–Trinajstić information content (AvgIpc) is 3.16. The normalized spacial score (nSPS) is 15.8. The van der Waals surface area contributed by atoms with E-state index in [0.29, 0.717) is 29.6 Å². The highest BCUT2D eigenvalue weighted by Gasteiger charge is 2.30. The van der Waals surface area contributed by atoms with Gasteiger partial charge in [0.1, 0.15) is 0 Å². The number of hydrogen-bond donors (Lipinski definition) is 0. The van der Waals surface area contributed by atoms with Crippen LogP contribution in [-0.4, -0.2) is 25.2 Å². The summed E-state index contributed by atoms with van der Waals surface area (Å²) in [5, 5.41) is 0. The molecule has 0 spiro atoms. The second-order valence-corrected chi connectivity index (χ2v) is 9.40. The van der Waals surface area contributed by atoms with Gasteiger partial charge < -0.3 is 9.47 Å². The third-order valence-corrected chi connectivity index (χ3v) is 6.67. The summed E-state index contributed by atoms with van der Waals surface area (Å²) in [7, 11) is 1.69. The van der Waals surface area contributed by atoms with Gasteiger partial charge in [-0.1, -0.05) is 42.8 Å². The topological polar surface area (TPSA) is 65.1 Å². The van der Waals surface area contributed by atoms with Crippen LogP contribution in [0.3, 0.4) is 0 Å². The number of imidazole rings is 1. The molecule has 0 bridgehead atoms. The molecule has 33 heavy (non-hydrogen) atoms. The lowest BCUT2D eigenvalue weighted by molar-refractivity contribution is 0.458. The molecule has 7 heteroatoms. The first kappa shape index (κ1) is 21.2. The zero-order valence-electron chi connectivity index (χ0n) is 19.8. The van der Waals surface area contributed by atoms with Crippen molar-refractivity contribution in [1.82, 2.24) is 18.7 Å². The van der Waals surface area contributed by atoms with Crippen LogP contribution in [0, 0.1) is 26.7 Å². The number of aromatic nitrogens is 4. The summed E-state index contributed by atoms with van der Waals surface area (Å²) in [6.45, 7) is 10.1. The number of aryl methyl sites for hydroxylation is 4. The van der Waals surface area contributed by atoms with E-state index in [1.165, 1.54) is 20.3 Å². The number of nitrogens with zero attached hydrogens (tertiary/aromatic N) is 5. The van der Waals surface area contributed by atoms with Crippen LogP contribution in [0.4, 0.5) is 11.6 Å². The van der Waals surface area contributed by atoms with Gasteiger partial charge in [-0.15, -0.1) is 0 Å². The molecule has 2 aromatic heterocycles. The molecule has 0 aliphatic carbocycles. The van der Waals surface area contributed by atoms with Crippen molar-refractivity contribution in [3.63, 3.8) is 0 Å². The predicted molar refractivity (Wildman–Crippen MR) is 132 cm³/mol. The molecule has 2 aromatic carbocycles. The molecule has 4 aromatic rings. The van der Waals surface area contributed by atoms with Crippen molar-refractivity contribution < 1.29 is 0 Å². The Morgan fingerprint density at radius 1 is 1.00 bits per heavy atom. The van der Waals surface area contributed by atoms with Gasteiger partial charge in [0.2, 0.25) is 5.95 Å². The molecule has 5 rings (SSSR count). The number of anilines is 2. The van der Waals surface area contributed by atoms with Crippen LogP contribution in [0.2, 0.25) is 0 Å². The molecule has 0 fully saturated rings. The highest BCUT2D eigenvalue weighted by atomic mass is 16.2. The molecule has 0 saturated carbocycles. The summed E-state index contributed by atoms with van der Waals surface area (Å²) in [6, 6.07) is 14.3. The van der Waals surface area contributed by atoms with E-state index in [9.17, 15) is 9.59 Å². The Morgan fingerprint density at radius 3 is 2.52 bits per heavy atom. The van der Waals surface area contributed by atoms with E-state index in [2.05, 4.69) is 43.9 Å². The summed E-state index contributed by atoms with van der Waals surface area (Å²) in [5.74, 6) is 1.03. The Kier molecular flexibility index (Phi) is 5.00. The van der Waals surface area contributed by atoms with Crippen LogP contribution < -0.4 is 16.1 Å². The Bertz CT molecular complexity index is 1510. The second kappa shape index (κ2) is 7.76. The van der Waals surface area contributed by atoms with Gasteiger partial charge in [0.15, 0.2) is 11.2 Å². The van der Waals surface area contributed by atoms with Gasteiger partial charge in [0, 0.05) is 25.8 Å². The number of hydrogen-bond acceptors (Lipinski definition) is 4. The van der Waals surface area contributed by atoms with Crippen LogP contribution in [0.25, 0.3) is 11.2 Å². The third kappa shape index (κ3) is 3.48. The first-order valence-corrected chi connectivity index (χ1v) is 11.3. The van der Waals surface area contributed by atoms with Crippen molar-refractivity contribution in [3.05, 3.63) is 85.6 Å². The molecule has 3 heterocycles. The maximum atomic E-state index is 13.6. The van der Waals surface area contributed by atoms with Gasteiger partial charge in [-0.05, 0) is 55.5 Å². The van der Waals surface area contributed by atoms with Crippen LogP contribution >= 0.6 is 0 Å². The molecule has 170 valence electrons. The van der Waals surface area contributed by atoms with Gasteiger partial charge in [-0.3, -0.25) is 13.9 Å². The van der Waals surface area contributed by atoms with Crippen molar-refractivity contribution in [1.29, 1.82) is 0 Å². The van der Waals surface area contributed by atoms with Gasteiger partial charge in [0.05, 0.1) is 6.54 Å². The molecule has 7 nitrogen and oxygen atoms in total. The number of benzene rings is 2. The van der Waals surface area contributed by atoms with Crippen LogP contribution in [0.5, 0.6) is 0 Å². The largest absolute Gasteiger partial charge is 0.332 e. The lowest BCUT2D eigenvalue weighted by atomic mass is 10.1. The monoisotopic (exact) mass is 443 g/mol. The number of rotatable bonds is 3. The lowest BCUT2D eigenvalue weighted by Gasteiger charge is -2.33. The first-order valence-electron chi connectivity index (χ1n) is 11.3. The van der Waals surface area contributed by atoms with Gasteiger partial charge in [-0.25, -0.2) is 4.79 Å². The average molecular weight is 444 g/mol. The van der Waals surface area contributed by atoms with E-state index in [1.807, 2.05) is 35.8 Å². The summed E-state index contributed by atoms with van der Waals surface area (Å²) >= 11 is 0. The smallest absolute Gasteiger partial charge is 0.312 e. The molecule has 0 amide bonds. The van der Waals surface area contributed by atoms with Gasteiger partial charge >= 0.3 is 5.69 Å². The van der Waals surface area contributed by atoms with E-state index in [0.717, 1.165) is 23.4 Å². The molecule has 0 radical (unpaired) electrons. The zero-order chi connectivity index (χ0) is 23.4. The SMILES string of the molecule is Cc1cccc(Cn2c(=O)c3c(nc4n3C[C@H](C)CN4c3ccc(C)c(C)c3)n(C)c2=O)c1. The van der Waals surface area contributed by atoms with Crippen molar-refractivity contribution in [3.8, 4) is 0 Å². The Morgan fingerprint density at radius 2 is 1.79 bits per heavy atom. The predicted octanol–water partition coefficient (Wildman–Crippen LogP) is 3.66. The van der Waals surface area contributed by atoms with E-state index < -0.39 is 0 Å². The molecule has 1 aliphatic heterocycles. The Hall–Kier alpha value is -3.61. The highest BCUT2D eigenvalue weighted by Crippen LogP contribution is 2.33. The molecule has 1 aliphatic rings. The first-order chi connectivity index (χ1) is 15.7. The molecule has 1 atom stereocenters. The van der Waals surface area contributed by atoms with Crippen LogP contribution in [0.1, 0.15) is 29.2 Å². The Labute approximate surface area is 192 Å². The lowest BCUT2D eigenvalue weighted by Crippen LogP contribution is -2.40. The highest BCUT2D eigenvalue weighted by molar-refractivity contribution is 5.77. The van der Waals surface area contributed by atoms with Crippen molar-refractivity contribution in [2.75, 3.05) is 11.4 Å². The second-order valence-electron chi connectivity index (χ2n) is 9.40. The van der Waals surface area contributed by atoms with Crippen molar-refractivity contribution >= 4 is 22.8 Å². The maximum absolute atomic E-state index is 13.6.